The minimum atomic E-state index is -1.10. The van der Waals surface area contributed by atoms with Crippen LogP contribution < -0.4 is 5.73 Å². The first-order valence-corrected chi connectivity index (χ1v) is 9.28. The Labute approximate surface area is 158 Å². The lowest BCUT2D eigenvalue weighted by Gasteiger charge is -2.35. The summed E-state index contributed by atoms with van der Waals surface area (Å²) in [6, 6.07) is 9.45. The fraction of sp³-hybridized carbons (Fsp3) is 0.263. The summed E-state index contributed by atoms with van der Waals surface area (Å²) in [6.07, 6.45) is 1.15. The average Bonchev–Trinajstić information content (AvgIpc) is 3.21. The predicted octanol–water partition coefficient (Wildman–Crippen LogP) is 3.03. The molecular weight excluding hydrogens is 366 g/mol. The van der Waals surface area contributed by atoms with E-state index >= 15 is 0 Å². The van der Waals surface area contributed by atoms with E-state index in [1.807, 2.05) is 30.3 Å². The Morgan fingerprint density at radius 3 is 2.74 bits per heavy atom. The Morgan fingerprint density at radius 2 is 2.11 bits per heavy atom. The second kappa shape index (κ2) is 6.31. The first kappa shape index (κ1) is 17.4. The fourth-order valence-corrected chi connectivity index (χ4v) is 4.93. The van der Waals surface area contributed by atoms with Gasteiger partial charge < -0.3 is 15.4 Å². The number of benzene rings is 1. The quantitative estimate of drug-likeness (QED) is 0.710. The Bertz CT molecular complexity index is 1040. The van der Waals surface area contributed by atoms with Crippen molar-refractivity contribution in [2.45, 2.75) is 31.6 Å². The van der Waals surface area contributed by atoms with Gasteiger partial charge in [-0.3, -0.25) is 4.79 Å². The van der Waals surface area contributed by atoms with Crippen molar-refractivity contribution in [1.29, 1.82) is 0 Å². The molecule has 7 nitrogen and oxygen atoms in total. The van der Waals surface area contributed by atoms with Gasteiger partial charge in [0.1, 0.15) is 5.00 Å². The molecule has 4 rings (SSSR count). The van der Waals surface area contributed by atoms with Crippen LogP contribution in [0.25, 0.3) is 0 Å². The maximum atomic E-state index is 13.6. The number of nitrogens with zero attached hydrogens (tertiary/aromatic N) is 2. The van der Waals surface area contributed by atoms with Crippen LogP contribution in [0, 0.1) is 6.92 Å². The topological polar surface area (TPSA) is 119 Å². The highest BCUT2D eigenvalue weighted by atomic mass is 32.1. The number of carbonyl (C=O) groups is 2. The number of aryl methyl sites for hydroxylation is 1. The Hall–Kier alpha value is -3.00. The Kier molecular flexibility index (Phi) is 4.07. The number of carboxylic acid groups (broad SMARTS) is 1. The summed E-state index contributed by atoms with van der Waals surface area (Å²) in [5.41, 5.74) is 6.46. The molecule has 3 aromatic rings. The van der Waals surface area contributed by atoms with Crippen LogP contribution >= 0.6 is 11.3 Å². The van der Waals surface area contributed by atoms with Gasteiger partial charge in [0.05, 0.1) is 15.9 Å². The number of hydrogen-bond acceptors (Lipinski definition) is 7. The molecule has 0 saturated carbocycles. The molecule has 0 bridgehead atoms. The smallest absolute Gasteiger partial charge is 0.338 e. The third-order valence-electron chi connectivity index (χ3n) is 5.04. The number of nitrogen functional groups attached to an aromatic ring is 1. The minimum Gasteiger partial charge on any atom is -0.478 e. The molecule has 0 radical (unpaired) electrons. The largest absolute Gasteiger partial charge is 0.478 e. The monoisotopic (exact) mass is 383 g/mol. The number of carbonyl (C=O) groups excluding carboxylic acids is 1. The summed E-state index contributed by atoms with van der Waals surface area (Å²) in [4.78, 5) is 29.9. The van der Waals surface area contributed by atoms with E-state index in [4.69, 9.17) is 10.3 Å². The number of aromatic nitrogens is 2. The lowest BCUT2D eigenvalue weighted by atomic mass is 9.66. The van der Waals surface area contributed by atoms with Crippen LogP contribution in [0.3, 0.4) is 0 Å². The van der Waals surface area contributed by atoms with Crippen LogP contribution in [0.5, 0.6) is 0 Å². The molecule has 0 amide bonds. The summed E-state index contributed by atoms with van der Waals surface area (Å²) < 4.78 is 5.29. The van der Waals surface area contributed by atoms with Crippen molar-refractivity contribution in [2.24, 2.45) is 0 Å². The second-order valence-electron chi connectivity index (χ2n) is 6.64. The molecule has 0 fully saturated rings. The lowest BCUT2D eigenvalue weighted by molar-refractivity contribution is 0.0697. The number of aromatic carboxylic acids is 1. The van der Waals surface area contributed by atoms with Gasteiger partial charge in [-0.2, -0.15) is 4.98 Å². The third kappa shape index (κ3) is 2.73. The van der Waals surface area contributed by atoms with Gasteiger partial charge in [-0.25, -0.2) is 4.79 Å². The first-order chi connectivity index (χ1) is 12.9. The molecule has 2 heterocycles. The van der Waals surface area contributed by atoms with E-state index in [2.05, 4.69) is 10.1 Å². The molecule has 138 valence electrons. The number of fused-ring (bicyclic) bond motifs is 1. The highest BCUT2D eigenvalue weighted by Crippen LogP contribution is 2.46. The molecule has 2 aromatic heterocycles. The summed E-state index contributed by atoms with van der Waals surface area (Å²) in [5.74, 6) is -0.352. The van der Waals surface area contributed by atoms with Crippen LogP contribution in [-0.2, 0) is 18.3 Å². The molecule has 8 heteroatoms. The van der Waals surface area contributed by atoms with Crippen molar-refractivity contribution in [3.05, 3.63) is 63.6 Å². The van der Waals surface area contributed by atoms with E-state index in [1.54, 1.807) is 6.92 Å². The van der Waals surface area contributed by atoms with Crippen molar-refractivity contribution >= 4 is 28.1 Å². The predicted molar refractivity (Wildman–Crippen MR) is 99.2 cm³/mol. The maximum Gasteiger partial charge on any atom is 0.338 e. The highest BCUT2D eigenvalue weighted by molar-refractivity contribution is 7.18. The molecule has 1 unspecified atom stereocenters. The van der Waals surface area contributed by atoms with Crippen molar-refractivity contribution in [2.75, 3.05) is 5.73 Å². The Morgan fingerprint density at radius 1 is 1.37 bits per heavy atom. The number of hydrogen-bond donors (Lipinski definition) is 2. The van der Waals surface area contributed by atoms with Crippen molar-refractivity contribution in [1.82, 2.24) is 10.1 Å². The van der Waals surface area contributed by atoms with Crippen LogP contribution in [0.4, 0.5) is 5.00 Å². The molecule has 27 heavy (non-hydrogen) atoms. The van der Waals surface area contributed by atoms with E-state index in [0.29, 0.717) is 35.0 Å². The number of carboxylic acids is 1. The van der Waals surface area contributed by atoms with Crippen molar-refractivity contribution < 1.29 is 19.2 Å². The SMILES string of the molecule is Cc1noc(CC2(c3ccccc3)CCc3c(sc(N)c3C(=O)O)C2=O)n1. The molecule has 1 aliphatic rings. The summed E-state index contributed by atoms with van der Waals surface area (Å²) in [7, 11) is 0. The van der Waals surface area contributed by atoms with E-state index in [-0.39, 0.29) is 22.8 Å². The average molecular weight is 383 g/mol. The number of ketones is 1. The van der Waals surface area contributed by atoms with Gasteiger partial charge in [0.15, 0.2) is 11.6 Å². The highest BCUT2D eigenvalue weighted by Gasteiger charge is 2.47. The zero-order chi connectivity index (χ0) is 19.2. The molecule has 0 aliphatic heterocycles. The molecule has 1 atom stereocenters. The van der Waals surface area contributed by atoms with Gasteiger partial charge in [0, 0.05) is 6.42 Å². The van der Waals surface area contributed by atoms with Crippen LogP contribution in [0.1, 0.15) is 49.3 Å². The normalized spacial score (nSPS) is 19.1. The third-order valence-corrected chi connectivity index (χ3v) is 6.10. The molecule has 1 aliphatic carbocycles. The number of nitrogens with two attached hydrogens (primary N) is 1. The Balaban J connectivity index is 1.86. The summed E-state index contributed by atoms with van der Waals surface area (Å²) in [5, 5.41) is 13.5. The van der Waals surface area contributed by atoms with E-state index in [1.165, 1.54) is 0 Å². The molecule has 3 N–H and O–H groups in total. The van der Waals surface area contributed by atoms with Gasteiger partial charge in [-0.1, -0.05) is 35.5 Å². The summed E-state index contributed by atoms with van der Waals surface area (Å²) >= 11 is 1.05. The standard InChI is InChI=1S/C19H17N3O4S/c1-10-21-13(26-22-10)9-19(11-5-3-2-4-6-11)8-7-12-14(18(24)25)17(20)27-15(12)16(19)23/h2-6H,7-9,20H2,1H3,(H,24,25). The van der Waals surface area contributed by atoms with Crippen LogP contribution in [0.15, 0.2) is 34.9 Å². The number of rotatable bonds is 4. The first-order valence-electron chi connectivity index (χ1n) is 8.46. The second-order valence-corrected chi connectivity index (χ2v) is 7.70. The summed E-state index contributed by atoms with van der Waals surface area (Å²) in [6.45, 7) is 1.72. The van der Waals surface area contributed by atoms with Gasteiger partial charge >= 0.3 is 5.97 Å². The van der Waals surface area contributed by atoms with E-state index in [0.717, 1.165) is 16.9 Å². The zero-order valence-corrected chi connectivity index (χ0v) is 15.4. The van der Waals surface area contributed by atoms with Gasteiger partial charge in [-0.15, -0.1) is 11.3 Å². The van der Waals surface area contributed by atoms with Crippen LogP contribution in [0.2, 0.25) is 0 Å². The molecule has 0 saturated heterocycles. The van der Waals surface area contributed by atoms with Gasteiger partial charge in [0.2, 0.25) is 5.89 Å². The van der Waals surface area contributed by atoms with Crippen molar-refractivity contribution in [3.63, 3.8) is 0 Å². The number of Topliss-reactive ketones (excluding diaryl/α,β-unsaturated/α-hetero) is 1. The maximum absolute atomic E-state index is 13.6. The van der Waals surface area contributed by atoms with E-state index < -0.39 is 11.4 Å². The molecule has 1 aromatic carbocycles. The van der Waals surface area contributed by atoms with Crippen LogP contribution in [-0.4, -0.2) is 27.0 Å². The lowest BCUT2D eigenvalue weighted by Crippen LogP contribution is -2.42. The zero-order valence-electron chi connectivity index (χ0n) is 14.6. The molecule has 0 spiro atoms. The van der Waals surface area contributed by atoms with Gasteiger partial charge in [0.25, 0.3) is 0 Å². The minimum absolute atomic E-state index is 0.0543. The number of anilines is 1. The van der Waals surface area contributed by atoms with E-state index in [9.17, 15) is 14.7 Å². The fourth-order valence-electron chi connectivity index (χ4n) is 3.78. The van der Waals surface area contributed by atoms with Gasteiger partial charge in [-0.05, 0) is 30.9 Å². The molecular formula is C19H17N3O4S. The van der Waals surface area contributed by atoms with Crippen molar-refractivity contribution in [3.8, 4) is 0 Å². The number of thiophene rings is 1.